The summed E-state index contributed by atoms with van der Waals surface area (Å²) in [6.45, 7) is 6.10. The number of aromatic amines is 1. The average molecular weight is 353 g/mol. The molecule has 1 aliphatic heterocycles. The van der Waals surface area contributed by atoms with Crippen molar-refractivity contribution < 1.29 is 9.59 Å². The second-order valence-corrected chi connectivity index (χ2v) is 6.92. The molecule has 26 heavy (non-hydrogen) atoms. The van der Waals surface area contributed by atoms with Gasteiger partial charge in [0.05, 0.1) is 6.04 Å². The van der Waals surface area contributed by atoms with Crippen molar-refractivity contribution in [2.75, 3.05) is 13.1 Å². The molecule has 2 aromatic rings. The number of aryl methyl sites for hydroxylation is 2. The van der Waals surface area contributed by atoms with E-state index in [0.29, 0.717) is 18.8 Å². The Kier molecular flexibility index (Phi) is 4.93. The van der Waals surface area contributed by atoms with E-state index in [9.17, 15) is 14.4 Å². The second kappa shape index (κ2) is 7.15. The topological polar surface area (TPSA) is 82.3 Å². The molecule has 1 fully saturated rings. The zero-order valence-corrected chi connectivity index (χ0v) is 15.2. The van der Waals surface area contributed by atoms with Crippen LogP contribution in [0.2, 0.25) is 0 Å². The molecule has 0 aliphatic carbocycles. The van der Waals surface area contributed by atoms with E-state index in [-0.39, 0.29) is 34.9 Å². The average Bonchev–Trinajstić information content (AvgIpc) is 2.98. The first-order valence-electron chi connectivity index (χ1n) is 8.68. The van der Waals surface area contributed by atoms with E-state index in [2.05, 4.69) is 10.3 Å². The summed E-state index contributed by atoms with van der Waals surface area (Å²) >= 11 is 0. The zero-order valence-electron chi connectivity index (χ0n) is 15.2. The highest BCUT2D eigenvalue weighted by atomic mass is 16.2. The Balaban J connectivity index is 1.87. The van der Waals surface area contributed by atoms with Crippen molar-refractivity contribution in [3.63, 3.8) is 0 Å². The first-order valence-corrected chi connectivity index (χ1v) is 8.68. The first-order chi connectivity index (χ1) is 12.3. The lowest BCUT2D eigenvalue weighted by atomic mass is 9.93. The van der Waals surface area contributed by atoms with Crippen molar-refractivity contribution >= 4 is 11.8 Å². The van der Waals surface area contributed by atoms with E-state index in [1.54, 1.807) is 24.0 Å². The third-order valence-electron chi connectivity index (χ3n) is 4.79. The predicted octanol–water partition coefficient (Wildman–Crippen LogP) is 1.74. The van der Waals surface area contributed by atoms with Gasteiger partial charge in [0.25, 0.3) is 11.5 Å². The molecule has 0 spiro atoms. The lowest BCUT2D eigenvalue weighted by Crippen LogP contribution is -2.40. The Morgan fingerprint density at radius 3 is 2.38 bits per heavy atom. The molecule has 2 heterocycles. The van der Waals surface area contributed by atoms with Gasteiger partial charge in [0.1, 0.15) is 5.56 Å². The minimum absolute atomic E-state index is 0.00650. The minimum Gasteiger partial charge on any atom is -0.351 e. The van der Waals surface area contributed by atoms with E-state index in [1.165, 1.54) is 6.92 Å². The third kappa shape index (κ3) is 3.69. The number of carbonyl (C=O) groups excluding carboxylic acids is 2. The van der Waals surface area contributed by atoms with E-state index in [1.807, 2.05) is 31.2 Å². The van der Waals surface area contributed by atoms with Gasteiger partial charge < -0.3 is 15.2 Å². The predicted molar refractivity (Wildman–Crippen MR) is 99.2 cm³/mol. The molecule has 1 saturated heterocycles. The van der Waals surface area contributed by atoms with Crippen molar-refractivity contribution in [3.8, 4) is 0 Å². The number of likely N-dealkylation sites (tertiary alicyclic amines) is 1. The van der Waals surface area contributed by atoms with Crippen LogP contribution in [0.3, 0.4) is 0 Å². The number of hydrogen-bond donors (Lipinski definition) is 2. The summed E-state index contributed by atoms with van der Waals surface area (Å²) in [4.78, 5) is 40.9. The fourth-order valence-electron chi connectivity index (χ4n) is 3.44. The summed E-state index contributed by atoms with van der Waals surface area (Å²) < 4.78 is 0. The van der Waals surface area contributed by atoms with Crippen LogP contribution in [-0.2, 0) is 4.79 Å². The van der Waals surface area contributed by atoms with Gasteiger partial charge in [-0.1, -0.05) is 29.8 Å². The largest absolute Gasteiger partial charge is 0.351 e. The second-order valence-electron chi connectivity index (χ2n) is 6.92. The van der Waals surface area contributed by atoms with Crippen LogP contribution in [0.15, 0.2) is 41.2 Å². The van der Waals surface area contributed by atoms with Gasteiger partial charge in [-0.25, -0.2) is 0 Å². The van der Waals surface area contributed by atoms with Gasteiger partial charge >= 0.3 is 0 Å². The van der Waals surface area contributed by atoms with Gasteiger partial charge in [0.15, 0.2) is 0 Å². The van der Waals surface area contributed by atoms with Crippen LogP contribution in [0.25, 0.3) is 0 Å². The summed E-state index contributed by atoms with van der Waals surface area (Å²) in [5.41, 5.74) is 2.68. The number of carbonyl (C=O) groups is 2. The van der Waals surface area contributed by atoms with Crippen LogP contribution in [-0.4, -0.2) is 40.8 Å². The zero-order chi connectivity index (χ0) is 18.8. The first kappa shape index (κ1) is 17.9. The number of hydrogen-bond acceptors (Lipinski definition) is 3. The van der Waals surface area contributed by atoms with Crippen molar-refractivity contribution in [3.05, 3.63) is 69.1 Å². The lowest BCUT2D eigenvalue weighted by molar-refractivity contribution is -0.119. The molecule has 2 N–H and O–H groups in total. The van der Waals surface area contributed by atoms with Crippen molar-refractivity contribution in [2.24, 2.45) is 0 Å². The molecular weight excluding hydrogens is 330 g/mol. The van der Waals surface area contributed by atoms with Crippen LogP contribution in [0.4, 0.5) is 0 Å². The molecule has 136 valence electrons. The van der Waals surface area contributed by atoms with Gasteiger partial charge in [-0.15, -0.1) is 0 Å². The lowest BCUT2D eigenvalue weighted by Gasteiger charge is -2.19. The third-order valence-corrected chi connectivity index (χ3v) is 4.79. The number of benzene rings is 1. The number of aromatic nitrogens is 1. The standard InChI is InChI=1S/C20H23N3O3/c1-12-4-7-15(8-5-12)17-10-23(11-18(17)22-14(3)24)20(26)16-9-6-13(2)21-19(16)25/h4-9,17-18H,10-11H2,1-3H3,(H,21,25)(H,22,24)/t17-,18+/m0/s1. The highest BCUT2D eigenvalue weighted by molar-refractivity contribution is 5.94. The molecule has 6 heteroatoms. The normalized spacial score (nSPS) is 19.4. The summed E-state index contributed by atoms with van der Waals surface area (Å²) in [6.07, 6.45) is 0. The van der Waals surface area contributed by atoms with E-state index in [0.717, 1.165) is 11.1 Å². The van der Waals surface area contributed by atoms with E-state index >= 15 is 0 Å². The fraction of sp³-hybridized carbons (Fsp3) is 0.350. The number of rotatable bonds is 3. The highest BCUT2D eigenvalue weighted by Gasteiger charge is 2.37. The molecule has 1 aromatic carbocycles. The van der Waals surface area contributed by atoms with E-state index < -0.39 is 0 Å². The van der Waals surface area contributed by atoms with Gasteiger partial charge in [0.2, 0.25) is 5.91 Å². The van der Waals surface area contributed by atoms with Crippen LogP contribution in [0.5, 0.6) is 0 Å². The smallest absolute Gasteiger partial charge is 0.260 e. The Morgan fingerprint density at radius 2 is 1.77 bits per heavy atom. The molecule has 6 nitrogen and oxygen atoms in total. The molecule has 0 unspecified atom stereocenters. The number of nitrogens with one attached hydrogen (secondary N) is 2. The number of nitrogens with zero attached hydrogens (tertiary/aromatic N) is 1. The minimum atomic E-state index is -0.384. The van der Waals surface area contributed by atoms with Crippen molar-refractivity contribution in [1.82, 2.24) is 15.2 Å². The Hall–Kier alpha value is -2.89. The van der Waals surface area contributed by atoms with Crippen molar-refractivity contribution in [1.29, 1.82) is 0 Å². The number of pyridine rings is 1. The molecule has 1 aliphatic rings. The summed E-state index contributed by atoms with van der Waals surface area (Å²) in [7, 11) is 0. The fourth-order valence-corrected chi connectivity index (χ4v) is 3.44. The van der Waals surface area contributed by atoms with Crippen LogP contribution >= 0.6 is 0 Å². The summed E-state index contributed by atoms with van der Waals surface area (Å²) in [6, 6.07) is 11.2. The monoisotopic (exact) mass is 353 g/mol. The highest BCUT2D eigenvalue weighted by Crippen LogP contribution is 2.28. The molecule has 2 atom stereocenters. The molecule has 0 bridgehead atoms. The van der Waals surface area contributed by atoms with Crippen LogP contribution < -0.4 is 10.9 Å². The Bertz CT molecular complexity index is 886. The van der Waals surface area contributed by atoms with Crippen molar-refractivity contribution in [2.45, 2.75) is 32.7 Å². The Morgan fingerprint density at radius 1 is 1.08 bits per heavy atom. The molecule has 3 rings (SSSR count). The van der Waals surface area contributed by atoms with Gasteiger partial charge in [-0.2, -0.15) is 0 Å². The molecule has 2 amide bonds. The maximum absolute atomic E-state index is 12.8. The van der Waals surface area contributed by atoms with Gasteiger partial charge in [-0.3, -0.25) is 14.4 Å². The maximum Gasteiger partial charge on any atom is 0.260 e. The van der Waals surface area contributed by atoms with E-state index in [4.69, 9.17) is 0 Å². The quantitative estimate of drug-likeness (QED) is 0.882. The summed E-state index contributed by atoms with van der Waals surface area (Å²) in [5, 5.41) is 2.95. The molecule has 0 radical (unpaired) electrons. The number of H-pyrrole nitrogens is 1. The van der Waals surface area contributed by atoms with Crippen LogP contribution in [0.1, 0.15) is 40.0 Å². The van der Waals surface area contributed by atoms with Gasteiger partial charge in [0, 0.05) is 31.6 Å². The number of amides is 2. The summed E-state index contributed by atoms with van der Waals surface area (Å²) in [5.74, 6) is -0.446. The molecule has 1 aromatic heterocycles. The molecule has 0 saturated carbocycles. The van der Waals surface area contributed by atoms with Crippen LogP contribution in [0, 0.1) is 13.8 Å². The van der Waals surface area contributed by atoms with Gasteiger partial charge in [-0.05, 0) is 31.5 Å². The molecular formula is C20H23N3O3. The maximum atomic E-state index is 12.8. The Labute approximate surface area is 152 Å². The SMILES string of the molecule is CC(=O)N[C@@H]1CN(C(=O)c2ccc(C)[nH]c2=O)C[C@H]1c1ccc(C)cc1.